The van der Waals surface area contributed by atoms with Crippen molar-refractivity contribution in [3.05, 3.63) is 83.4 Å². The average Bonchev–Trinajstić information content (AvgIpc) is 2.98. The summed E-state index contributed by atoms with van der Waals surface area (Å²) in [5.74, 6) is 0.0832. The fourth-order valence-corrected chi connectivity index (χ4v) is 2.24. The smallest absolute Gasteiger partial charge is 0.227 e. The molecule has 22 heavy (non-hydrogen) atoms. The largest absolute Gasteiger partial charge is 0.510 e. The van der Waals surface area contributed by atoms with Gasteiger partial charge in [0.2, 0.25) is 5.78 Å². The Kier molecular flexibility index (Phi) is 3.78. The maximum Gasteiger partial charge on any atom is 0.227 e. The molecule has 0 aliphatic carbocycles. The number of nitrogens with one attached hydrogen (secondary N) is 1. The highest BCUT2D eigenvalue weighted by Gasteiger charge is 2.26. The van der Waals surface area contributed by atoms with Crippen molar-refractivity contribution in [2.45, 2.75) is 12.5 Å². The van der Waals surface area contributed by atoms with Crippen LogP contribution in [-0.4, -0.2) is 16.9 Å². The van der Waals surface area contributed by atoms with E-state index in [9.17, 15) is 14.3 Å². The number of ketones is 1. The number of carbonyl (C=O) groups is 1. The molecule has 0 amide bonds. The van der Waals surface area contributed by atoms with Crippen molar-refractivity contribution < 1.29 is 18.7 Å². The number of benzene rings is 1. The second kappa shape index (κ2) is 5.89. The molecule has 4 nitrogen and oxygen atoms in total. The van der Waals surface area contributed by atoms with Gasteiger partial charge in [-0.1, -0.05) is 12.1 Å². The second-order valence-corrected chi connectivity index (χ2v) is 4.98. The standard InChI is InChI=1S/C17H14FNO3/c18-12-5-3-11(4-6-12)10-13-7-8-15(22-13)17(21)16-14(20)2-1-9-19-16/h1-9,16,19-20H,10H2. The van der Waals surface area contributed by atoms with Gasteiger partial charge >= 0.3 is 0 Å². The molecule has 2 aromatic rings. The number of aliphatic hydroxyl groups is 1. The van der Waals surface area contributed by atoms with Crippen LogP contribution in [-0.2, 0) is 6.42 Å². The topological polar surface area (TPSA) is 62.5 Å². The van der Waals surface area contributed by atoms with Crippen LogP contribution in [0.5, 0.6) is 0 Å². The molecule has 1 aromatic carbocycles. The zero-order valence-corrected chi connectivity index (χ0v) is 11.6. The van der Waals surface area contributed by atoms with Crippen molar-refractivity contribution in [1.82, 2.24) is 5.32 Å². The van der Waals surface area contributed by atoms with Gasteiger partial charge in [0, 0.05) is 6.42 Å². The van der Waals surface area contributed by atoms with Crippen LogP contribution in [0.25, 0.3) is 0 Å². The van der Waals surface area contributed by atoms with Crippen molar-refractivity contribution in [2.75, 3.05) is 0 Å². The van der Waals surface area contributed by atoms with Gasteiger partial charge in [-0.15, -0.1) is 0 Å². The summed E-state index contributed by atoms with van der Waals surface area (Å²) in [4.78, 5) is 12.3. The molecule has 112 valence electrons. The first-order chi connectivity index (χ1) is 10.6. The first kappa shape index (κ1) is 14.1. The Morgan fingerprint density at radius 3 is 2.73 bits per heavy atom. The molecule has 1 atom stereocenters. The number of halogens is 1. The van der Waals surface area contributed by atoms with E-state index in [0.29, 0.717) is 12.2 Å². The van der Waals surface area contributed by atoms with Gasteiger partial charge in [-0.3, -0.25) is 4.79 Å². The molecule has 0 spiro atoms. The summed E-state index contributed by atoms with van der Waals surface area (Å²) in [6, 6.07) is 8.55. The molecule has 5 heteroatoms. The highest BCUT2D eigenvalue weighted by Crippen LogP contribution is 2.17. The molecule has 0 radical (unpaired) electrons. The van der Waals surface area contributed by atoms with Gasteiger partial charge in [0.05, 0.1) is 0 Å². The summed E-state index contributed by atoms with van der Waals surface area (Å²) >= 11 is 0. The zero-order chi connectivity index (χ0) is 15.5. The highest BCUT2D eigenvalue weighted by atomic mass is 19.1. The van der Waals surface area contributed by atoms with E-state index in [1.807, 2.05) is 0 Å². The fourth-order valence-electron chi connectivity index (χ4n) is 2.24. The van der Waals surface area contributed by atoms with Gasteiger partial charge in [0.25, 0.3) is 0 Å². The molecule has 1 aliphatic rings. The molecule has 0 saturated carbocycles. The maximum absolute atomic E-state index is 12.9. The van der Waals surface area contributed by atoms with Crippen LogP contribution in [0.3, 0.4) is 0 Å². The predicted molar refractivity (Wildman–Crippen MR) is 79.0 cm³/mol. The molecular weight excluding hydrogens is 285 g/mol. The number of rotatable bonds is 4. The molecule has 1 aliphatic heterocycles. The number of allylic oxidation sites excluding steroid dienone is 2. The Morgan fingerprint density at radius 1 is 1.23 bits per heavy atom. The Morgan fingerprint density at radius 2 is 2.00 bits per heavy atom. The van der Waals surface area contributed by atoms with Gasteiger partial charge in [-0.25, -0.2) is 4.39 Å². The van der Waals surface area contributed by atoms with Crippen LogP contribution in [0, 0.1) is 5.82 Å². The van der Waals surface area contributed by atoms with E-state index in [0.717, 1.165) is 5.56 Å². The zero-order valence-electron chi connectivity index (χ0n) is 11.6. The van der Waals surface area contributed by atoms with Crippen LogP contribution >= 0.6 is 0 Å². The third-order valence-electron chi connectivity index (χ3n) is 3.38. The van der Waals surface area contributed by atoms with E-state index in [-0.39, 0.29) is 23.1 Å². The van der Waals surface area contributed by atoms with E-state index in [4.69, 9.17) is 4.42 Å². The summed E-state index contributed by atoms with van der Waals surface area (Å²) in [5.41, 5.74) is 0.885. The van der Waals surface area contributed by atoms with Crippen LogP contribution in [0.1, 0.15) is 21.9 Å². The van der Waals surface area contributed by atoms with Gasteiger partial charge in [-0.05, 0) is 48.2 Å². The third kappa shape index (κ3) is 2.93. The number of aliphatic hydroxyl groups excluding tert-OH is 1. The van der Waals surface area contributed by atoms with Gasteiger partial charge in [-0.2, -0.15) is 0 Å². The van der Waals surface area contributed by atoms with Crippen LogP contribution in [0.2, 0.25) is 0 Å². The van der Waals surface area contributed by atoms with Crippen LogP contribution in [0.4, 0.5) is 4.39 Å². The lowest BCUT2D eigenvalue weighted by Gasteiger charge is -2.16. The number of Topliss-reactive ketones (excluding diaryl/α,β-unsaturated/α-hetero) is 1. The minimum absolute atomic E-state index is 0.0519. The Balaban J connectivity index is 1.73. The van der Waals surface area contributed by atoms with E-state index in [2.05, 4.69) is 5.32 Å². The summed E-state index contributed by atoms with van der Waals surface area (Å²) in [5, 5.41) is 12.5. The monoisotopic (exact) mass is 299 g/mol. The normalized spacial score (nSPS) is 17.0. The Hall–Kier alpha value is -2.82. The number of hydrogen-bond donors (Lipinski definition) is 2. The summed E-state index contributed by atoms with van der Waals surface area (Å²) in [6.07, 6.45) is 5.13. The minimum atomic E-state index is -0.824. The number of furan rings is 1. The number of hydrogen-bond acceptors (Lipinski definition) is 4. The first-order valence-electron chi connectivity index (χ1n) is 6.82. The molecule has 0 bridgehead atoms. The van der Waals surface area contributed by atoms with Gasteiger partial charge in [0.1, 0.15) is 17.3 Å². The second-order valence-electron chi connectivity index (χ2n) is 4.98. The molecule has 2 heterocycles. The summed E-state index contributed by atoms with van der Waals surface area (Å²) < 4.78 is 18.4. The van der Waals surface area contributed by atoms with Crippen molar-refractivity contribution in [1.29, 1.82) is 0 Å². The molecular formula is C17H14FNO3. The molecule has 3 rings (SSSR count). The van der Waals surface area contributed by atoms with E-state index in [1.54, 1.807) is 36.5 Å². The first-order valence-corrected chi connectivity index (χ1v) is 6.82. The molecule has 1 aromatic heterocycles. The summed E-state index contributed by atoms with van der Waals surface area (Å²) in [7, 11) is 0. The lowest BCUT2D eigenvalue weighted by atomic mass is 10.1. The van der Waals surface area contributed by atoms with E-state index >= 15 is 0 Å². The van der Waals surface area contributed by atoms with Crippen molar-refractivity contribution in [3.63, 3.8) is 0 Å². The lowest BCUT2D eigenvalue weighted by Crippen LogP contribution is -2.36. The Bertz CT molecular complexity index is 744. The van der Waals surface area contributed by atoms with Crippen molar-refractivity contribution in [2.24, 2.45) is 0 Å². The third-order valence-corrected chi connectivity index (χ3v) is 3.38. The number of dihydropyridines is 1. The minimum Gasteiger partial charge on any atom is -0.510 e. The molecule has 0 fully saturated rings. The van der Waals surface area contributed by atoms with Crippen LogP contribution in [0.15, 0.2) is 64.9 Å². The number of carbonyl (C=O) groups excluding carboxylic acids is 1. The summed E-state index contributed by atoms with van der Waals surface area (Å²) in [6.45, 7) is 0. The highest BCUT2D eigenvalue weighted by molar-refractivity contribution is 5.99. The molecule has 0 saturated heterocycles. The van der Waals surface area contributed by atoms with Crippen LogP contribution < -0.4 is 5.32 Å². The fraction of sp³-hybridized carbons (Fsp3) is 0.118. The van der Waals surface area contributed by atoms with Gasteiger partial charge < -0.3 is 14.8 Å². The molecule has 1 unspecified atom stereocenters. The SMILES string of the molecule is O=C(c1ccc(Cc2ccc(F)cc2)o1)C1NC=CC=C1O. The van der Waals surface area contributed by atoms with E-state index in [1.165, 1.54) is 18.2 Å². The molecule has 2 N–H and O–H groups in total. The average molecular weight is 299 g/mol. The Labute approximate surface area is 126 Å². The van der Waals surface area contributed by atoms with Crippen molar-refractivity contribution >= 4 is 5.78 Å². The lowest BCUT2D eigenvalue weighted by molar-refractivity contribution is 0.0915. The maximum atomic E-state index is 12.9. The predicted octanol–water partition coefficient (Wildman–Crippen LogP) is 3.12. The quantitative estimate of drug-likeness (QED) is 0.852. The van der Waals surface area contributed by atoms with E-state index < -0.39 is 6.04 Å². The van der Waals surface area contributed by atoms with Gasteiger partial charge in [0.15, 0.2) is 11.8 Å². The van der Waals surface area contributed by atoms with Crippen molar-refractivity contribution in [3.8, 4) is 0 Å².